The summed E-state index contributed by atoms with van der Waals surface area (Å²) in [6.45, 7) is 1.29. The van der Waals surface area contributed by atoms with Gasteiger partial charge in [-0.3, -0.25) is 0 Å². The molecule has 1 atom stereocenters. The molecule has 3 aliphatic carbocycles. The highest BCUT2D eigenvalue weighted by molar-refractivity contribution is 5.05. The number of hydrogen-bond donors (Lipinski definition) is 1. The third-order valence-corrected chi connectivity index (χ3v) is 4.85. The molecule has 0 heterocycles. The molecule has 15 heavy (non-hydrogen) atoms. The van der Waals surface area contributed by atoms with Crippen molar-refractivity contribution in [1.29, 1.82) is 0 Å². The largest absolute Gasteiger partial charge is 0.381 e. The fourth-order valence-electron chi connectivity index (χ4n) is 3.33. The number of nitrogens with one attached hydrogen (secondary N) is 1. The van der Waals surface area contributed by atoms with Crippen LogP contribution in [0.15, 0.2) is 0 Å². The van der Waals surface area contributed by atoms with Gasteiger partial charge in [0.25, 0.3) is 0 Å². The summed E-state index contributed by atoms with van der Waals surface area (Å²) in [5.41, 5.74) is 0.747. The highest BCUT2D eigenvalue weighted by Gasteiger charge is 2.54. The van der Waals surface area contributed by atoms with Gasteiger partial charge in [-0.25, -0.2) is 0 Å². The minimum absolute atomic E-state index is 0.563. The summed E-state index contributed by atoms with van der Waals surface area (Å²) in [6, 6.07) is 0.887. The quantitative estimate of drug-likeness (QED) is 0.767. The van der Waals surface area contributed by atoms with Crippen LogP contribution in [-0.2, 0) is 4.74 Å². The van der Waals surface area contributed by atoms with Gasteiger partial charge in [0.05, 0.1) is 6.10 Å². The molecule has 0 aromatic carbocycles. The van der Waals surface area contributed by atoms with Gasteiger partial charge in [-0.2, -0.15) is 0 Å². The van der Waals surface area contributed by atoms with Crippen LogP contribution in [0.5, 0.6) is 0 Å². The Labute approximate surface area is 92.8 Å². The molecule has 0 bridgehead atoms. The first kappa shape index (κ1) is 10.1. The molecule has 0 aromatic heterocycles. The minimum atomic E-state index is 0.563. The van der Waals surface area contributed by atoms with Crippen LogP contribution in [0.4, 0.5) is 0 Å². The molecule has 2 nitrogen and oxygen atoms in total. The van der Waals surface area contributed by atoms with E-state index >= 15 is 0 Å². The lowest BCUT2D eigenvalue weighted by Gasteiger charge is -2.28. The number of ether oxygens (including phenoxy) is 1. The van der Waals surface area contributed by atoms with Crippen LogP contribution in [0, 0.1) is 11.3 Å². The third kappa shape index (κ3) is 2.07. The molecule has 3 aliphatic rings. The lowest BCUT2D eigenvalue weighted by molar-refractivity contribution is 0.0492. The van der Waals surface area contributed by atoms with Gasteiger partial charge >= 0.3 is 0 Å². The zero-order chi connectivity index (χ0) is 10.3. The van der Waals surface area contributed by atoms with Gasteiger partial charge in [-0.15, -0.1) is 0 Å². The SMILES string of the molecule is COC1CCC2(CC1)CC2CNC1CC1. The van der Waals surface area contributed by atoms with Gasteiger partial charge in [0.2, 0.25) is 0 Å². The maximum absolute atomic E-state index is 5.44. The summed E-state index contributed by atoms with van der Waals surface area (Å²) in [4.78, 5) is 0. The van der Waals surface area contributed by atoms with Crippen LogP contribution in [-0.4, -0.2) is 25.8 Å². The van der Waals surface area contributed by atoms with E-state index in [9.17, 15) is 0 Å². The van der Waals surface area contributed by atoms with E-state index in [2.05, 4.69) is 5.32 Å². The molecule has 3 saturated carbocycles. The molecular formula is C13H23NO. The normalized spacial score (nSPS) is 44.6. The van der Waals surface area contributed by atoms with E-state index < -0.39 is 0 Å². The van der Waals surface area contributed by atoms with Crippen LogP contribution in [0.3, 0.4) is 0 Å². The molecule has 1 N–H and O–H groups in total. The van der Waals surface area contributed by atoms with E-state index in [0.717, 1.165) is 17.4 Å². The lowest BCUT2D eigenvalue weighted by atomic mass is 9.83. The van der Waals surface area contributed by atoms with E-state index in [4.69, 9.17) is 4.74 Å². The van der Waals surface area contributed by atoms with E-state index in [1.54, 1.807) is 0 Å². The van der Waals surface area contributed by atoms with Crippen molar-refractivity contribution in [2.75, 3.05) is 13.7 Å². The van der Waals surface area contributed by atoms with Crippen molar-refractivity contribution < 1.29 is 4.74 Å². The Bertz CT molecular complexity index is 229. The second kappa shape index (κ2) is 3.74. The maximum Gasteiger partial charge on any atom is 0.0571 e. The van der Waals surface area contributed by atoms with Crippen molar-refractivity contribution in [1.82, 2.24) is 5.32 Å². The van der Waals surface area contributed by atoms with Crippen molar-refractivity contribution in [3.05, 3.63) is 0 Å². The summed E-state index contributed by atoms with van der Waals surface area (Å²) < 4.78 is 5.44. The Kier molecular flexibility index (Phi) is 2.52. The van der Waals surface area contributed by atoms with Gasteiger partial charge in [0.1, 0.15) is 0 Å². The molecule has 3 fully saturated rings. The van der Waals surface area contributed by atoms with Gasteiger partial charge < -0.3 is 10.1 Å². The van der Waals surface area contributed by atoms with E-state index in [0.29, 0.717) is 6.10 Å². The standard InChI is InChI=1S/C13H23NO/c1-15-12-4-6-13(7-5-12)8-10(13)9-14-11-2-3-11/h10-12,14H,2-9H2,1H3. The van der Waals surface area contributed by atoms with Crippen molar-refractivity contribution in [3.63, 3.8) is 0 Å². The molecule has 0 radical (unpaired) electrons. The van der Waals surface area contributed by atoms with E-state index in [1.807, 2.05) is 7.11 Å². The molecule has 0 saturated heterocycles. The Morgan fingerprint density at radius 2 is 1.93 bits per heavy atom. The van der Waals surface area contributed by atoms with Crippen molar-refractivity contribution in [3.8, 4) is 0 Å². The predicted octanol–water partition coefficient (Wildman–Crippen LogP) is 2.33. The minimum Gasteiger partial charge on any atom is -0.381 e. The monoisotopic (exact) mass is 209 g/mol. The Hall–Kier alpha value is -0.0800. The Balaban J connectivity index is 1.43. The molecule has 0 aromatic rings. The van der Waals surface area contributed by atoms with Crippen LogP contribution < -0.4 is 5.32 Å². The van der Waals surface area contributed by atoms with Crippen LogP contribution >= 0.6 is 0 Å². The molecular weight excluding hydrogens is 186 g/mol. The summed E-state index contributed by atoms with van der Waals surface area (Å²) in [7, 11) is 1.86. The van der Waals surface area contributed by atoms with E-state index in [1.165, 1.54) is 51.5 Å². The molecule has 2 heteroatoms. The summed E-state index contributed by atoms with van der Waals surface area (Å²) in [6.07, 6.45) is 10.3. The van der Waals surface area contributed by atoms with Crippen LogP contribution in [0.25, 0.3) is 0 Å². The number of hydrogen-bond acceptors (Lipinski definition) is 2. The highest BCUT2D eigenvalue weighted by Crippen LogP contribution is 2.61. The first-order chi connectivity index (χ1) is 7.32. The zero-order valence-corrected chi connectivity index (χ0v) is 9.80. The topological polar surface area (TPSA) is 21.3 Å². The highest BCUT2D eigenvalue weighted by atomic mass is 16.5. The zero-order valence-electron chi connectivity index (χ0n) is 9.80. The maximum atomic E-state index is 5.44. The number of methoxy groups -OCH3 is 1. The van der Waals surface area contributed by atoms with Crippen molar-refractivity contribution >= 4 is 0 Å². The average Bonchev–Trinajstić information content (AvgIpc) is 3.14. The molecule has 0 aliphatic heterocycles. The summed E-state index contributed by atoms with van der Waals surface area (Å²) in [5.74, 6) is 0.996. The third-order valence-electron chi connectivity index (χ3n) is 4.85. The molecule has 1 spiro atoms. The molecule has 3 rings (SSSR count). The lowest BCUT2D eigenvalue weighted by Crippen LogP contribution is -2.26. The van der Waals surface area contributed by atoms with Crippen molar-refractivity contribution in [2.24, 2.45) is 11.3 Å². The number of rotatable bonds is 4. The van der Waals surface area contributed by atoms with Gasteiger partial charge in [0, 0.05) is 13.2 Å². The Morgan fingerprint density at radius 1 is 1.20 bits per heavy atom. The summed E-state index contributed by atoms with van der Waals surface area (Å²) >= 11 is 0. The molecule has 86 valence electrons. The average molecular weight is 209 g/mol. The predicted molar refractivity (Wildman–Crippen MR) is 60.8 cm³/mol. The molecule has 0 amide bonds. The summed E-state index contributed by atoms with van der Waals surface area (Å²) in [5, 5.41) is 3.68. The van der Waals surface area contributed by atoms with Gasteiger partial charge in [-0.1, -0.05) is 0 Å². The first-order valence-corrected chi connectivity index (χ1v) is 6.59. The van der Waals surface area contributed by atoms with Crippen LogP contribution in [0.1, 0.15) is 44.9 Å². The van der Waals surface area contributed by atoms with Crippen LogP contribution in [0.2, 0.25) is 0 Å². The smallest absolute Gasteiger partial charge is 0.0571 e. The van der Waals surface area contributed by atoms with Gasteiger partial charge in [0.15, 0.2) is 0 Å². The molecule has 1 unspecified atom stereocenters. The van der Waals surface area contributed by atoms with Crippen molar-refractivity contribution in [2.45, 2.75) is 57.1 Å². The fourth-order valence-corrected chi connectivity index (χ4v) is 3.33. The van der Waals surface area contributed by atoms with E-state index in [-0.39, 0.29) is 0 Å². The van der Waals surface area contributed by atoms with Gasteiger partial charge in [-0.05, 0) is 62.8 Å². The second-order valence-electron chi connectivity index (χ2n) is 5.88. The first-order valence-electron chi connectivity index (χ1n) is 6.59. The fraction of sp³-hybridized carbons (Fsp3) is 1.00. The second-order valence-corrected chi connectivity index (χ2v) is 5.88. The Morgan fingerprint density at radius 3 is 2.53 bits per heavy atom.